The predicted octanol–water partition coefficient (Wildman–Crippen LogP) is 0.150. The van der Waals surface area contributed by atoms with E-state index < -0.39 is 0 Å². The monoisotopic (exact) mass is 249 g/mol. The van der Waals surface area contributed by atoms with Gasteiger partial charge in [0.05, 0.1) is 6.17 Å². The maximum absolute atomic E-state index is 6.32. The SMILES string of the molecule is CN1CCN2C(C3C4CCCC43)=NN(C)C2C1N. The smallest absolute Gasteiger partial charge is 0.147 e. The number of fused-ring (bicyclic) bond motifs is 2. The maximum Gasteiger partial charge on any atom is 0.147 e. The van der Waals surface area contributed by atoms with Crippen LogP contribution in [0.25, 0.3) is 0 Å². The molecule has 0 spiro atoms. The van der Waals surface area contributed by atoms with Crippen LogP contribution in [0.2, 0.25) is 0 Å². The molecule has 5 nitrogen and oxygen atoms in total. The van der Waals surface area contributed by atoms with Gasteiger partial charge in [-0.05, 0) is 31.7 Å². The van der Waals surface area contributed by atoms with E-state index in [1.807, 2.05) is 0 Å². The van der Waals surface area contributed by atoms with Crippen molar-refractivity contribution in [3.8, 4) is 0 Å². The van der Waals surface area contributed by atoms with Crippen LogP contribution in [0.1, 0.15) is 19.3 Å². The van der Waals surface area contributed by atoms with Crippen LogP contribution >= 0.6 is 0 Å². The van der Waals surface area contributed by atoms with Gasteiger partial charge in [-0.2, -0.15) is 5.10 Å². The van der Waals surface area contributed by atoms with Crippen molar-refractivity contribution in [2.75, 3.05) is 27.2 Å². The van der Waals surface area contributed by atoms with Crippen molar-refractivity contribution in [2.45, 2.75) is 31.6 Å². The summed E-state index contributed by atoms with van der Waals surface area (Å²) in [6.45, 7) is 2.13. The van der Waals surface area contributed by atoms with Gasteiger partial charge >= 0.3 is 0 Å². The fraction of sp³-hybridized carbons (Fsp3) is 0.923. The Labute approximate surface area is 109 Å². The van der Waals surface area contributed by atoms with Crippen molar-refractivity contribution in [3.63, 3.8) is 0 Å². The molecule has 4 atom stereocenters. The molecular formula is C13H23N5. The van der Waals surface area contributed by atoms with E-state index in [1.54, 1.807) is 0 Å². The molecule has 0 amide bonds. The first kappa shape index (κ1) is 11.1. The molecule has 2 heterocycles. The fourth-order valence-corrected chi connectivity index (χ4v) is 4.37. The number of likely N-dealkylation sites (N-methyl/N-ethyl adjacent to an activating group) is 2. The summed E-state index contributed by atoms with van der Waals surface area (Å²) in [6.07, 6.45) is 4.59. The van der Waals surface area contributed by atoms with Crippen LogP contribution in [0, 0.1) is 17.8 Å². The number of rotatable bonds is 1. The zero-order valence-corrected chi connectivity index (χ0v) is 11.3. The molecule has 3 fully saturated rings. The van der Waals surface area contributed by atoms with Crippen molar-refractivity contribution in [3.05, 3.63) is 0 Å². The number of nitrogens with two attached hydrogens (primary N) is 1. The van der Waals surface area contributed by atoms with E-state index in [4.69, 9.17) is 10.8 Å². The Bertz CT molecular complexity index is 385. The average molecular weight is 249 g/mol. The highest BCUT2D eigenvalue weighted by Crippen LogP contribution is 2.59. The van der Waals surface area contributed by atoms with Crippen LogP contribution in [0.15, 0.2) is 5.10 Å². The van der Waals surface area contributed by atoms with E-state index in [0.29, 0.717) is 0 Å². The summed E-state index contributed by atoms with van der Waals surface area (Å²) in [4.78, 5) is 4.72. The summed E-state index contributed by atoms with van der Waals surface area (Å²) < 4.78 is 0. The van der Waals surface area contributed by atoms with Gasteiger partial charge in [-0.15, -0.1) is 0 Å². The summed E-state index contributed by atoms with van der Waals surface area (Å²) in [5.74, 6) is 3.97. The summed E-state index contributed by atoms with van der Waals surface area (Å²) >= 11 is 0. The fourth-order valence-electron chi connectivity index (χ4n) is 4.37. The summed E-state index contributed by atoms with van der Waals surface area (Å²) in [7, 11) is 4.18. The maximum atomic E-state index is 6.32. The second-order valence-electron chi connectivity index (χ2n) is 6.39. The Morgan fingerprint density at radius 1 is 1.17 bits per heavy atom. The zero-order chi connectivity index (χ0) is 12.4. The van der Waals surface area contributed by atoms with E-state index in [1.165, 1.54) is 25.1 Å². The molecule has 2 saturated carbocycles. The molecule has 2 aliphatic heterocycles. The van der Waals surface area contributed by atoms with Crippen LogP contribution in [0.4, 0.5) is 0 Å². The van der Waals surface area contributed by atoms with Crippen LogP contribution in [-0.2, 0) is 0 Å². The molecule has 18 heavy (non-hydrogen) atoms. The molecule has 1 saturated heterocycles. The van der Waals surface area contributed by atoms with Gasteiger partial charge in [0, 0.05) is 26.1 Å². The van der Waals surface area contributed by atoms with E-state index in [2.05, 4.69) is 28.9 Å². The molecule has 100 valence electrons. The summed E-state index contributed by atoms with van der Waals surface area (Å²) in [6, 6.07) is 0. The van der Waals surface area contributed by atoms with Gasteiger partial charge in [-0.3, -0.25) is 9.91 Å². The summed E-state index contributed by atoms with van der Waals surface area (Å²) in [5.41, 5.74) is 6.32. The van der Waals surface area contributed by atoms with Gasteiger partial charge in [0.1, 0.15) is 12.0 Å². The van der Waals surface area contributed by atoms with Crippen molar-refractivity contribution < 1.29 is 0 Å². The minimum atomic E-state index is 0.0728. The van der Waals surface area contributed by atoms with Gasteiger partial charge < -0.3 is 10.6 Å². The second kappa shape index (κ2) is 3.61. The summed E-state index contributed by atoms with van der Waals surface area (Å²) in [5, 5.41) is 6.92. The molecule has 2 aliphatic carbocycles. The number of hydrogen-bond donors (Lipinski definition) is 1. The molecule has 0 bridgehead atoms. The zero-order valence-electron chi connectivity index (χ0n) is 11.3. The third-order valence-corrected chi connectivity index (χ3v) is 5.47. The molecular weight excluding hydrogens is 226 g/mol. The average Bonchev–Trinajstić information content (AvgIpc) is 2.74. The second-order valence-corrected chi connectivity index (χ2v) is 6.39. The molecule has 4 aliphatic rings. The topological polar surface area (TPSA) is 48.1 Å². The lowest BCUT2D eigenvalue weighted by atomic mass is 10.1. The quantitative estimate of drug-likeness (QED) is 0.719. The lowest BCUT2D eigenvalue weighted by molar-refractivity contribution is 0.0160. The first-order chi connectivity index (χ1) is 8.68. The number of amidine groups is 1. The Morgan fingerprint density at radius 2 is 1.89 bits per heavy atom. The van der Waals surface area contributed by atoms with E-state index in [0.717, 1.165) is 30.8 Å². The van der Waals surface area contributed by atoms with Crippen molar-refractivity contribution in [2.24, 2.45) is 28.6 Å². The van der Waals surface area contributed by atoms with Crippen LogP contribution < -0.4 is 5.73 Å². The van der Waals surface area contributed by atoms with E-state index >= 15 is 0 Å². The van der Waals surface area contributed by atoms with Gasteiger partial charge in [-0.25, -0.2) is 0 Å². The third kappa shape index (κ3) is 1.32. The van der Waals surface area contributed by atoms with Crippen LogP contribution in [0.5, 0.6) is 0 Å². The Morgan fingerprint density at radius 3 is 2.61 bits per heavy atom. The Hall–Kier alpha value is -0.810. The van der Waals surface area contributed by atoms with Crippen molar-refractivity contribution in [1.82, 2.24) is 14.8 Å². The highest BCUT2D eigenvalue weighted by molar-refractivity contribution is 5.89. The van der Waals surface area contributed by atoms with Gasteiger partial charge in [0.25, 0.3) is 0 Å². The molecule has 0 aromatic rings. The molecule has 0 aromatic carbocycles. The molecule has 0 radical (unpaired) electrons. The highest BCUT2D eigenvalue weighted by atomic mass is 15.6. The lowest BCUT2D eigenvalue weighted by Crippen LogP contribution is -2.64. The van der Waals surface area contributed by atoms with Gasteiger partial charge in [0.15, 0.2) is 0 Å². The van der Waals surface area contributed by atoms with Gasteiger partial charge in [0.2, 0.25) is 0 Å². The normalized spacial score (nSPS) is 47.1. The van der Waals surface area contributed by atoms with Gasteiger partial charge in [-0.1, -0.05) is 6.42 Å². The highest BCUT2D eigenvalue weighted by Gasteiger charge is 2.59. The Kier molecular flexibility index (Phi) is 2.21. The minimum absolute atomic E-state index is 0.0728. The van der Waals surface area contributed by atoms with Crippen molar-refractivity contribution >= 4 is 5.84 Å². The largest absolute Gasteiger partial charge is 0.333 e. The number of nitrogens with zero attached hydrogens (tertiary/aromatic N) is 4. The molecule has 5 heteroatoms. The molecule has 2 N–H and O–H groups in total. The predicted molar refractivity (Wildman–Crippen MR) is 70.6 cm³/mol. The lowest BCUT2D eigenvalue weighted by Gasteiger charge is -2.43. The number of piperazine rings is 1. The first-order valence-corrected chi connectivity index (χ1v) is 7.22. The first-order valence-electron chi connectivity index (χ1n) is 7.22. The van der Waals surface area contributed by atoms with Crippen molar-refractivity contribution in [1.29, 1.82) is 0 Å². The minimum Gasteiger partial charge on any atom is -0.333 e. The van der Waals surface area contributed by atoms with E-state index in [-0.39, 0.29) is 12.3 Å². The Balaban J connectivity index is 1.57. The number of hydrazone groups is 1. The third-order valence-electron chi connectivity index (χ3n) is 5.47. The molecule has 4 unspecified atom stereocenters. The molecule has 0 aromatic heterocycles. The molecule has 4 rings (SSSR count). The van der Waals surface area contributed by atoms with Crippen LogP contribution in [0.3, 0.4) is 0 Å². The number of hydrogen-bond acceptors (Lipinski definition) is 5. The van der Waals surface area contributed by atoms with Crippen LogP contribution in [-0.4, -0.2) is 60.2 Å². The standard InChI is InChI=1S/C13H23N5/c1-16-6-7-18-12(10-8-4-3-5-9(8)10)15-17(2)13(18)11(16)14/h8-11,13H,3-7,14H2,1-2H3. The van der Waals surface area contributed by atoms with E-state index in [9.17, 15) is 0 Å².